The first kappa shape index (κ1) is 21.1. The summed E-state index contributed by atoms with van der Waals surface area (Å²) in [6.45, 7) is 8.42. The number of amides is 1. The molecule has 0 saturated carbocycles. The number of thiophene rings is 1. The van der Waals surface area contributed by atoms with Crippen LogP contribution < -0.4 is 5.32 Å². The number of hydrogen-bond donors (Lipinski definition) is 1. The van der Waals surface area contributed by atoms with Crippen LogP contribution in [0, 0.1) is 39.0 Å². The predicted octanol–water partition coefficient (Wildman–Crippen LogP) is 3.63. The van der Waals surface area contributed by atoms with E-state index >= 15 is 0 Å². The number of aryl methyl sites for hydroxylation is 2. The number of aromatic nitrogens is 1. The molecule has 8 heteroatoms. The number of ether oxygens (including phenoxy) is 2. The molecule has 2 aromatic heterocycles. The zero-order valence-corrected chi connectivity index (χ0v) is 17.9. The van der Waals surface area contributed by atoms with E-state index in [0.29, 0.717) is 23.5 Å². The van der Waals surface area contributed by atoms with Gasteiger partial charge in [0.1, 0.15) is 11.9 Å². The molecule has 29 heavy (non-hydrogen) atoms. The third-order valence-electron chi connectivity index (χ3n) is 5.20. The molecule has 3 rings (SSSR count). The lowest BCUT2D eigenvalue weighted by Gasteiger charge is -2.16. The summed E-state index contributed by atoms with van der Waals surface area (Å²) in [5.41, 5.74) is 2.63. The van der Waals surface area contributed by atoms with Crippen molar-refractivity contribution in [2.45, 2.75) is 53.2 Å². The number of carbonyl (C=O) groups excluding carboxylic acids is 2. The van der Waals surface area contributed by atoms with E-state index in [4.69, 9.17) is 9.47 Å². The van der Waals surface area contributed by atoms with Gasteiger partial charge in [0, 0.05) is 22.1 Å². The van der Waals surface area contributed by atoms with Crippen LogP contribution in [0.3, 0.4) is 0 Å². The molecule has 0 bridgehead atoms. The minimum Gasteiger partial charge on any atom is -0.452 e. The van der Waals surface area contributed by atoms with E-state index in [1.54, 1.807) is 6.07 Å². The van der Waals surface area contributed by atoms with E-state index < -0.39 is 18.5 Å². The van der Waals surface area contributed by atoms with Gasteiger partial charge in [-0.25, -0.2) is 4.79 Å². The number of hydrogen-bond acceptors (Lipinski definition) is 6. The van der Waals surface area contributed by atoms with Gasteiger partial charge in [-0.3, -0.25) is 4.79 Å². The summed E-state index contributed by atoms with van der Waals surface area (Å²) >= 11 is 1.51. The summed E-state index contributed by atoms with van der Waals surface area (Å²) in [5, 5.41) is 12.3. The van der Waals surface area contributed by atoms with E-state index in [1.165, 1.54) is 11.3 Å². The third-order valence-corrected chi connectivity index (χ3v) is 6.17. The Morgan fingerprint density at radius 3 is 2.72 bits per heavy atom. The van der Waals surface area contributed by atoms with E-state index in [2.05, 4.69) is 11.4 Å². The molecule has 1 aliphatic rings. The van der Waals surface area contributed by atoms with Crippen LogP contribution in [0.4, 0.5) is 5.82 Å². The standard InChI is InChI=1S/C21H25N3O4S/c1-12-8-17(15(4)29-12)21(26)28-11-19(25)23-20-18(9-22)13(2)14(3)24(20)10-16-6-5-7-27-16/h8,16H,5-7,10-11H2,1-4H3,(H,23,25)/t16-/m0/s1. The molecule has 0 aromatic carbocycles. The Bertz CT molecular complexity index is 977. The van der Waals surface area contributed by atoms with Gasteiger partial charge in [0.2, 0.25) is 0 Å². The van der Waals surface area contributed by atoms with Crippen LogP contribution in [0.25, 0.3) is 0 Å². The molecular weight excluding hydrogens is 390 g/mol. The summed E-state index contributed by atoms with van der Waals surface area (Å²) in [5.74, 6) is -0.572. The second-order valence-electron chi connectivity index (χ2n) is 7.24. The van der Waals surface area contributed by atoms with Crippen LogP contribution in [-0.2, 0) is 20.8 Å². The third kappa shape index (κ3) is 4.52. The van der Waals surface area contributed by atoms with Crippen LogP contribution >= 0.6 is 11.3 Å². The van der Waals surface area contributed by atoms with Gasteiger partial charge in [-0.15, -0.1) is 11.3 Å². The fraction of sp³-hybridized carbons (Fsp3) is 0.476. The van der Waals surface area contributed by atoms with E-state index in [0.717, 1.165) is 40.5 Å². The lowest BCUT2D eigenvalue weighted by molar-refractivity contribution is -0.119. The average molecular weight is 416 g/mol. The van der Waals surface area contributed by atoms with Crippen molar-refractivity contribution in [1.82, 2.24) is 4.57 Å². The van der Waals surface area contributed by atoms with Crippen molar-refractivity contribution in [2.75, 3.05) is 18.5 Å². The number of rotatable bonds is 6. The average Bonchev–Trinajstić information content (AvgIpc) is 3.36. The molecule has 1 aliphatic heterocycles. The highest BCUT2D eigenvalue weighted by Crippen LogP contribution is 2.28. The van der Waals surface area contributed by atoms with Crippen molar-refractivity contribution in [3.8, 4) is 6.07 Å². The topological polar surface area (TPSA) is 93.4 Å². The van der Waals surface area contributed by atoms with Gasteiger partial charge in [-0.05, 0) is 52.2 Å². The number of nitrogens with zero attached hydrogens (tertiary/aromatic N) is 2. The van der Waals surface area contributed by atoms with Crippen molar-refractivity contribution in [3.63, 3.8) is 0 Å². The summed E-state index contributed by atoms with van der Waals surface area (Å²) < 4.78 is 12.8. The van der Waals surface area contributed by atoms with Gasteiger partial charge in [-0.2, -0.15) is 5.26 Å². The maximum absolute atomic E-state index is 12.5. The summed E-state index contributed by atoms with van der Waals surface area (Å²) in [4.78, 5) is 26.6. The molecule has 1 N–H and O–H groups in total. The molecular formula is C21H25N3O4S. The van der Waals surface area contributed by atoms with Crippen molar-refractivity contribution >= 4 is 29.0 Å². The Labute approximate surface area is 174 Å². The fourth-order valence-electron chi connectivity index (χ4n) is 3.56. The first-order chi connectivity index (χ1) is 13.8. The van der Waals surface area contributed by atoms with E-state index in [-0.39, 0.29) is 6.10 Å². The predicted molar refractivity (Wildman–Crippen MR) is 110 cm³/mol. The summed E-state index contributed by atoms with van der Waals surface area (Å²) in [7, 11) is 0. The zero-order chi connectivity index (χ0) is 21.1. The highest BCUT2D eigenvalue weighted by molar-refractivity contribution is 7.12. The molecule has 1 saturated heterocycles. The first-order valence-corrected chi connectivity index (χ1v) is 10.4. The maximum Gasteiger partial charge on any atom is 0.339 e. The summed E-state index contributed by atoms with van der Waals surface area (Å²) in [6.07, 6.45) is 2.02. The van der Waals surface area contributed by atoms with Crippen LogP contribution in [0.15, 0.2) is 6.07 Å². The smallest absolute Gasteiger partial charge is 0.339 e. The normalized spacial score (nSPS) is 15.9. The number of anilines is 1. The Kier molecular flexibility index (Phi) is 6.40. The molecule has 0 unspecified atom stereocenters. The number of nitriles is 1. The van der Waals surface area contributed by atoms with Crippen LogP contribution in [-0.4, -0.2) is 35.8 Å². The molecule has 1 atom stereocenters. The SMILES string of the molecule is Cc1cc(C(=O)OCC(=O)Nc2c(C#N)c(C)c(C)n2C[C@@H]2CCCO2)c(C)s1. The molecule has 154 valence electrons. The van der Waals surface area contributed by atoms with Gasteiger partial charge in [0.25, 0.3) is 5.91 Å². The molecule has 1 fully saturated rings. The van der Waals surface area contributed by atoms with Gasteiger partial charge in [-0.1, -0.05) is 0 Å². The quantitative estimate of drug-likeness (QED) is 0.727. The number of esters is 1. The lowest BCUT2D eigenvalue weighted by atomic mass is 10.2. The van der Waals surface area contributed by atoms with E-state index in [1.807, 2.05) is 32.3 Å². The van der Waals surface area contributed by atoms with Crippen LogP contribution in [0.1, 0.15) is 49.8 Å². The second kappa shape index (κ2) is 8.80. The second-order valence-corrected chi connectivity index (χ2v) is 8.70. The molecule has 7 nitrogen and oxygen atoms in total. The monoisotopic (exact) mass is 415 g/mol. The van der Waals surface area contributed by atoms with Crippen molar-refractivity contribution < 1.29 is 19.1 Å². The fourth-order valence-corrected chi connectivity index (χ4v) is 4.47. The van der Waals surface area contributed by atoms with E-state index in [9.17, 15) is 14.9 Å². The lowest BCUT2D eigenvalue weighted by Crippen LogP contribution is -2.25. The Morgan fingerprint density at radius 2 is 2.14 bits per heavy atom. The maximum atomic E-state index is 12.5. The molecule has 2 aromatic rings. The van der Waals surface area contributed by atoms with Crippen molar-refractivity contribution in [1.29, 1.82) is 5.26 Å². The number of carbonyl (C=O) groups is 2. The highest BCUT2D eigenvalue weighted by atomic mass is 32.1. The Balaban J connectivity index is 1.72. The van der Waals surface area contributed by atoms with Gasteiger partial charge in [0.15, 0.2) is 6.61 Å². The highest BCUT2D eigenvalue weighted by Gasteiger charge is 2.24. The van der Waals surface area contributed by atoms with Gasteiger partial charge >= 0.3 is 5.97 Å². The van der Waals surface area contributed by atoms with Crippen LogP contribution in [0.2, 0.25) is 0 Å². The van der Waals surface area contributed by atoms with Crippen molar-refractivity contribution in [3.05, 3.63) is 38.2 Å². The minimum absolute atomic E-state index is 0.0605. The minimum atomic E-state index is -0.524. The zero-order valence-electron chi connectivity index (χ0n) is 17.1. The molecule has 3 heterocycles. The molecule has 0 spiro atoms. The Hall–Kier alpha value is -2.63. The number of nitrogens with one attached hydrogen (secondary N) is 1. The van der Waals surface area contributed by atoms with Crippen molar-refractivity contribution in [2.24, 2.45) is 0 Å². The summed E-state index contributed by atoms with van der Waals surface area (Å²) in [6, 6.07) is 3.93. The first-order valence-electron chi connectivity index (χ1n) is 9.57. The van der Waals surface area contributed by atoms with Crippen LogP contribution in [0.5, 0.6) is 0 Å². The molecule has 0 radical (unpaired) electrons. The Morgan fingerprint density at radius 1 is 1.38 bits per heavy atom. The van der Waals surface area contributed by atoms with Gasteiger partial charge < -0.3 is 19.4 Å². The molecule has 1 amide bonds. The molecule has 0 aliphatic carbocycles. The van der Waals surface area contributed by atoms with Gasteiger partial charge in [0.05, 0.1) is 23.8 Å². The largest absolute Gasteiger partial charge is 0.452 e.